The molecule has 0 saturated carbocycles. The molecule has 0 aliphatic rings. The monoisotopic (exact) mass is 863 g/mol. The van der Waals surface area contributed by atoms with E-state index in [9.17, 15) is 14.4 Å². The van der Waals surface area contributed by atoms with Gasteiger partial charge in [0.05, 0.1) is 0 Å². The number of allylic oxidation sites excluding steroid dienone is 14. The van der Waals surface area contributed by atoms with Gasteiger partial charge in [0.2, 0.25) is 0 Å². The van der Waals surface area contributed by atoms with E-state index in [1.54, 1.807) is 0 Å². The second-order valence-corrected chi connectivity index (χ2v) is 16.7. The highest BCUT2D eigenvalue weighted by molar-refractivity contribution is 5.71. The number of carbonyl (C=O) groups is 3. The molecule has 0 aliphatic carbocycles. The molecule has 1 unspecified atom stereocenters. The van der Waals surface area contributed by atoms with Gasteiger partial charge in [-0.25, -0.2) is 0 Å². The van der Waals surface area contributed by atoms with Gasteiger partial charge in [0.1, 0.15) is 13.2 Å². The summed E-state index contributed by atoms with van der Waals surface area (Å²) in [7, 11) is 0. The molecule has 0 N–H and O–H groups in total. The Bertz CT molecular complexity index is 1220. The van der Waals surface area contributed by atoms with E-state index < -0.39 is 6.10 Å². The van der Waals surface area contributed by atoms with Gasteiger partial charge < -0.3 is 14.2 Å². The van der Waals surface area contributed by atoms with Crippen LogP contribution in [0.1, 0.15) is 233 Å². The fourth-order valence-electron chi connectivity index (χ4n) is 6.83. The fourth-order valence-corrected chi connectivity index (χ4v) is 6.83. The van der Waals surface area contributed by atoms with Crippen molar-refractivity contribution in [1.82, 2.24) is 0 Å². The van der Waals surface area contributed by atoms with Crippen LogP contribution < -0.4 is 0 Å². The van der Waals surface area contributed by atoms with Gasteiger partial charge >= 0.3 is 17.9 Å². The van der Waals surface area contributed by atoms with E-state index in [-0.39, 0.29) is 37.5 Å². The van der Waals surface area contributed by atoms with Crippen molar-refractivity contribution in [2.24, 2.45) is 0 Å². The maximum absolute atomic E-state index is 12.8. The SMILES string of the molecule is CC/C=C\C/C=C\C/C=C\CCCCCCC(=O)OC(COC(=O)CCC/C=C\C/C=C\C/C=C\CC)COC(=O)CCCCCCCCC/C=C\CCCCCCCCCC. The Morgan fingerprint density at radius 3 is 1.06 bits per heavy atom. The summed E-state index contributed by atoms with van der Waals surface area (Å²) >= 11 is 0. The van der Waals surface area contributed by atoms with Crippen LogP contribution in [-0.4, -0.2) is 37.2 Å². The molecular formula is C56H94O6. The van der Waals surface area contributed by atoms with Crippen molar-refractivity contribution < 1.29 is 28.6 Å². The van der Waals surface area contributed by atoms with Crippen LogP contribution in [0, 0.1) is 0 Å². The van der Waals surface area contributed by atoms with Crippen molar-refractivity contribution in [2.45, 2.75) is 239 Å². The molecular weight excluding hydrogens is 769 g/mol. The lowest BCUT2D eigenvalue weighted by atomic mass is 10.1. The first kappa shape index (κ1) is 58.6. The van der Waals surface area contributed by atoms with E-state index >= 15 is 0 Å². The fraction of sp³-hybridized carbons (Fsp3) is 0.696. The largest absolute Gasteiger partial charge is 0.462 e. The average molecular weight is 863 g/mol. The predicted octanol–water partition coefficient (Wildman–Crippen LogP) is 16.8. The van der Waals surface area contributed by atoms with Crippen LogP contribution >= 0.6 is 0 Å². The Hall–Kier alpha value is -3.41. The van der Waals surface area contributed by atoms with Crippen LogP contribution in [0.2, 0.25) is 0 Å². The van der Waals surface area contributed by atoms with Crippen molar-refractivity contribution in [2.75, 3.05) is 13.2 Å². The molecule has 6 nitrogen and oxygen atoms in total. The normalized spacial score (nSPS) is 12.8. The Morgan fingerprint density at radius 1 is 0.339 bits per heavy atom. The molecule has 6 heteroatoms. The second-order valence-electron chi connectivity index (χ2n) is 16.7. The highest BCUT2D eigenvalue weighted by atomic mass is 16.6. The molecule has 0 aliphatic heterocycles. The van der Waals surface area contributed by atoms with Crippen molar-refractivity contribution in [3.63, 3.8) is 0 Å². The van der Waals surface area contributed by atoms with E-state index in [2.05, 4.69) is 106 Å². The zero-order valence-electron chi connectivity index (χ0n) is 40.4. The maximum Gasteiger partial charge on any atom is 0.306 e. The quantitative estimate of drug-likeness (QED) is 0.0263. The van der Waals surface area contributed by atoms with Gasteiger partial charge in [-0.1, -0.05) is 196 Å². The molecule has 0 radical (unpaired) electrons. The lowest BCUT2D eigenvalue weighted by Crippen LogP contribution is -2.30. The van der Waals surface area contributed by atoms with Gasteiger partial charge in [-0.3, -0.25) is 14.4 Å². The predicted molar refractivity (Wildman–Crippen MR) is 265 cm³/mol. The number of ether oxygens (including phenoxy) is 3. The second kappa shape index (κ2) is 50.2. The standard InChI is InChI=1S/C56H94O6/c1-4-7-10-13-16-19-22-24-26-27-28-29-30-32-34-37-40-43-46-49-55(58)61-52-53(51-60-54(57)48-45-42-39-36-33-21-18-15-12-9-6-3)62-56(59)50-47-44-41-38-35-31-25-23-20-17-14-11-8-5-2/h8-9,11-12,17-18,20-21,25,27-28,31,36,39,53H,4-7,10,13-16,19,22-24,26,29-30,32-35,37-38,40-52H2,1-3H3/b11-8-,12-9-,20-17-,21-18-,28-27-,31-25-,39-36-. The first-order valence-electron chi connectivity index (χ1n) is 25.6. The van der Waals surface area contributed by atoms with Crippen molar-refractivity contribution in [1.29, 1.82) is 0 Å². The Kier molecular flexibility index (Phi) is 47.5. The van der Waals surface area contributed by atoms with Gasteiger partial charge in [0, 0.05) is 19.3 Å². The van der Waals surface area contributed by atoms with Gasteiger partial charge in [-0.15, -0.1) is 0 Å². The summed E-state index contributed by atoms with van der Waals surface area (Å²) < 4.78 is 16.7. The van der Waals surface area contributed by atoms with Crippen LogP contribution in [0.15, 0.2) is 85.1 Å². The van der Waals surface area contributed by atoms with E-state index in [1.807, 2.05) is 0 Å². The number of unbranched alkanes of at least 4 members (excludes halogenated alkanes) is 20. The number of hydrogen-bond acceptors (Lipinski definition) is 6. The van der Waals surface area contributed by atoms with E-state index in [1.165, 1.54) is 89.9 Å². The molecule has 0 aromatic rings. The number of esters is 3. The summed E-state index contributed by atoms with van der Waals surface area (Å²) in [4.78, 5) is 37.9. The molecule has 0 aromatic carbocycles. The number of carbonyl (C=O) groups excluding carboxylic acids is 3. The summed E-state index contributed by atoms with van der Waals surface area (Å²) in [6, 6.07) is 0. The number of hydrogen-bond donors (Lipinski definition) is 0. The molecule has 0 fully saturated rings. The van der Waals surface area contributed by atoms with Gasteiger partial charge in [0.15, 0.2) is 6.10 Å². The van der Waals surface area contributed by atoms with Crippen LogP contribution in [0.4, 0.5) is 0 Å². The van der Waals surface area contributed by atoms with Crippen LogP contribution in [0.3, 0.4) is 0 Å². The summed E-state index contributed by atoms with van der Waals surface area (Å²) in [6.45, 7) is 6.33. The zero-order chi connectivity index (χ0) is 45.1. The molecule has 0 saturated heterocycles. The van der Waals surface area contributed by atoms with Crippen molar-refractivity contribution >= 4 is 17.9 Å². The Balaban J connectivity index is 4.41. The first-order valence-corrected chi connectivity index (χ1v) is 25.6. The highest BCUT2D eigenvalue weighted by Crippen LogP contribution is 2.14. The minimum absolute atomic E-state index is 0.104. The van der Waals surface area contributed by atoms with E-state index in [0.29, 0.717) is 19.3 Å². The molecule has 0 amide bonds. The summed E-state index contributed by atoms with van der Waals surface area (Å²) in [5.74, 6) is -0.990. The topological polar surface area (TPSA) is 78.9 Å². The van der Waals surface area contributed by atoms with Gasteiger partial charge in [-0.2, -0.15) is 0 Å². The third kappa shape index (κ3) is 47.6. The van der Waals surface area contributed by atoms with Gasteiger partial charge in [0.25, 0.3) is 0 Å². The smallest absolute Gasteiger partial charge is 0.306 e. The lowest BCUT2D eigenvalue weighted by Gasteiger charge is -2.18. The van der Waals surface area contributed by atoms with E-state index in [0.717, 1.165) is 96.3 Å². The van der Waals surface area contributed by atoms with Crippen molar-refractivity contribution in [3.05, 3.63) is 85.1 Å². The molecule has 0 heterocycles. The van der Waals surface area contributed by atoms with E-state index in [4.69, 9.17) is 14.2 Å². The zero-order valence-corrected chi connectivity index (χ0v) is 40.4. The first-order chi connectivity index (χ1) is 30.5. The number of rotatable bonds is 45. The third-order valence-electron chi connectivity index (χ3n) is 10.6. The minimum Gasteiger partial charge on any atom is -0.462 e. The molecule has 62 heavy (non-hydrogen) atoms. The summed E-state index contributed by atoms with van der Waals surface area (Å²) in [5, 5.41) is 0. The maximum atomic E-state index is 12.8. The molecule has 0 aromatic heterocycles. The minimum atomic E-state index is -0.809. The highest BCUT2D eigenvalue weighted by Gasteiger charge is 2.19. The van der Waals surface area contributed by atoms with Crippen LogP contribution in [0.5, 0.6) is 0 Å². The lowest BCUT2D eigenvalue weighted by molar-refractivity contribution is -0.167. The molecule has 354 valence electrons. The summed E-state index contributed by atoms with van der Waals surface area (Å²) in [6.07, 6.45) is 64.4. The van der Waals surface area contributed by atoms with Crippen LogP contribution in [-0.2, 0) is 28.6 Å². The Morgan fingerprint density at radius 2 is 0.645 bits per heavy atom. The van der Waals surface area contributed by atoms with Gasteiger partial charge in [-0.05, 0) is 103 Å². The Labute approximate surface area is 382 Å². The summed E-state index contributed by atoms with van der Waals surface area (Å²) in [5.41, 5.74) is 0. The van der Waals surface area contributed by atoms with Crippen LogP contribution in [0.25, 0.3) is 0 Å². The molecule has 1 atom stereocenters. The average Bonchev–Trinajstić information content (AvgIpc) is 3.27. The molecule has 0 spiro atoms. The van der Waals surface area contributed by atoms with Crippen molar-refractivity contribution in [3.8, 4) is 0 Å². The molecule has 0 bridgehead atoms. The molecule has 0 rings (SSSR count). The third-order valence-corrected chi connectivity index (χ3v) is 10.6.